The van der Waals surface area contributed by atoms with Crippen LogP contribution in [-0.2, 0) is 4.74 Å². The zero-order valence-electron chi connectivity index (χ0n) is 11.7. The molecule has 0 saturated carbocycles. The highest BCUT2D eigenvalue weighted by molar-refractivity contribution is 4.84. The van der Waals surface area contributed by atoms with Crippen LogP contribution in [0.15, 0.2) is 0 Å². The summed E-state index contributed by atoms with van der Waals surface area (Å²) in [5, 5.41) is 0. The summed E-state index contributed by atoms with van der Waals surface area (Å²) in [5.74, 6) is 1.90. The molecule has 0 amide bonds. The van der Waals surface area contributed by atoms with Gasteiger partial charge in [0, 0.05) is 26.2 Å². The van der Waals surface area contributed by atoms with Gasteiger partial charge in [-0.3, -0.25) is 0 Å². The molecule has 2 nitrogen and oxygen atoms in total. The van der Waals surface area contributed by atoms with Crippen molar-refractivity contribution in [2.24, 2.45) is 11.8 Å². The number of ether oxygens (including phenoxy) is 1. The molecule has 100 valence electrons. The second-order valence-corrected chi connectivity index (χ2v) is 5.92. The van der Waals surface area contributed by atoms with Crippen LogP contribution < -0.4 is 0 Å². The van der Waals surface area contributed by atoms with Crippen LogP contribution in [0.4, 0.5) is 0 Å². The summed E-state index contributed by atoms with van der Waals surface area (Å²) in [6.07, 6.45) is 8.57. The number of likely N-dealkylation sites (tertiary alicyclic amines) is 1. The Morgan fingerprint density at radius 2 is 1.94 bits per heavy atom. The second-order valence-electron chi connectivity index (χ2n) is 5.92. The van der Waals surface area contributed by atoms with Crippen molar-refractivity contribution in [1.29, 1.82) is 0 Å². The van der Waals surface area contributed by atoms with Crippen LogP contribution in [0.5, 0.6) is 0 Å². The second kappa shape index (κ2) is 6.75. The average Bonchev–Trinajstić information content (AvgIpc) is 2.73. The minimum Gasteiger partial charge on any atom is -0.377 e. The van der Waals surface area contributed by atoms with Gasteiger partial charge in [0.05, 0.1) is 6.10 Å². The van der Waals surface area contributed by atoms with Crippen molar-refractivity contribution in [3.05, 3.63) is 0 Å². The topological polar surface area (TPSA) is 12.5 Å². The molecule has 0 radical (unpaired) electrons. The van der Waals surface area contributed by atoms with E-state index in [2.05, 4.69) is 18.7 Å². The molecule has 2 aliphatic heterocycles. The van der Waals surface area contributed by atoms with E-state index in [9.17, 15) is 0 Å². The lowest BCUT2D eigenvalue weighted by Crippen LogP contribution is -2.34. The van der Waals surface area contributed by atoms with E-state index in [-0.39, 0.29) is 0 Å². The summed E-state index contributed by atoms with van der Waals surface area (Å²) >= 11 is 0. The molecule has 2 heterocycles. The molecule has 0 aliphatic carbocycles. The molecule has 3 unspecified atom stereocenters. The molecule has 2 aliphatic rings. The van der Waals surface area contributed by atoms with E-state index in [0.717, 1.165) is 18.4 Å². The number of hydrogen-bond donors (Lipinski definition) is 0. The van der Waals surface area contributed by atoms with E-state index >= 15 is 0 Å². The Morgan fingerprint density at radius 1 is 1.12 bits per heavy atom. The van der Waals surface area contributed by atoms with Crippen molar-refractivity contribution in [3.63, 3.8) is 0 Å². The number of nitrogens with zero attached hydrogens (tertiary/aromatic N) is 1. The maximum absolute atomic E-state index is 5.86. The molecule has 0 bridgehead atoms. The van der Waals surface area contributed by atoms with E-state index < -0.39 is 0 Å². The van der Waals surface area contributed by atoms with Crippen molar-refractivity contribution in [2.45, 2.75) is 58.5 Å². The Morgan fingerprint density at radius 3 is 2.59 bits per heavy atom. The summed E-state index contributed by atoms with van der Waals surface area (Å²) < 4.78 is 5.86. The number of rotatable bonds is 5. The lowest BCUT2D eigenvalue weighted by Gasteiger charge is -2.27. The molecular weight excluding hydrogens is 210 g/mol. The highest BCUT2D eigenvalue weighted by Gasteiger charge is 2.32. The minimum absolute atomic E-state index is 0.529. The fourth-order valence-corrected chi connectivity index (χ4v) is 3.58. The Labute approximate surface area is 107 Å². The molecule has 2 rings (SSSR count). The highest BCUT2D eigenvalue weighted by atomic mass is 16.5. The van der Waals surface area contributed by atoms with Gasteiger partial charge >= 0.3 is 0 Å². The molecule has 0 aromatic carbocycles. The monoisotopic (exact) mass is 239 g/mol. The lowest BCUT2D eigenvalue weighted by molar-refractivity contribution is -0.00277. The van der Waals surface area contributed by atoms with Crippen LogP contribution in [0.25, 0.3) is 0 Å². The molecule has 2 heteroatoms. The van der Waals surface area contributed by atoms with Crippen LogP contribution in [0.1, 0.15) is 52.4 Å². The van der Waals surface area contributed by atoms with Crippen molar-refractivity contribution >= 4 is 0 Å². The van der Waals surface area contributed by atoms with Crippen molar-refractivity contribution in [3.8, 4) is 0 Å². The lowest BCUT2D eigenvalue weighted by atomic mass is 9.90. The van der Waals surface area contributed by atoms with Gasteiger partial charge in [-0.05, 0) is 37.5 Å². The van der Waals surface area contributed by atoms with Gasteiger partial charge in [-0.15, -0.1) is 0 Å². The first-order valence-electron chi connectivity index (χ1n) is 7.67. The Hall–Kier alpha value is -0.0800. The molecule has 17 heavy (non-hydrogen) atoms. The number of hydrogen-bond acceptors (Lipinski definition) is 2. The van der Waals surface area contributed by atoms with E-state index in [1.54, 1.807) is 0 Å². The Balaban J connectivity index is 1.78. The molecule has 3 atom stereocenters. The predicted molar refractivity (Wildman–Crippen MR) is 72.2 cm³/mol. The zero-order chi connectivity index (χ0) is 12.1. The van der Waals surface area contributed by atoms with Crippen molar-refractivity contribution < 1.29 is 4.74 Å². The molecule has 0 aromatic rings. The standard InChI is InChI=1S/C15H29NO/c1-3-7-14-11-16(10-13(14)4-2)12-15-8-5-6-9-17-15/h13-15H,3-12H2,1-2H3. The van der Waals surface area contributed by atoms with Crippen molar-refractivity contribution in [1.82, 2.24) is 4.90 Å². The van der Waals surface area contributed by atoms with E-state index in [0.29, 0.717) is 6.10 Å². The van der Waals surface area contributed by atoms with E-state index in [1.807, 2.05) is 0 Å². The summed E-state index contributed by atoms with van der Waals surface area (Å²) in [7, 11) is 0. The van der Waals surface area contributed by atoms with Crippen LogP contribution in [0.2, 0.25) is 0 Å². The predicted octanol–water partition coefficient (Wildman–Crippen LogP) is 3.31. The average molecular weight is 239 g/mol. The first-order chi connectivity index (χ1) is 8.33. The van der Waals surface area contributed by atoms with Crippen LogP contribution >= 0.6 is 0 Å². The Bertz CT molecular complexity index is 213. The third-order valence-electron chi connectivity index (χ3n) is 4.57. The maximum atomic E-state index is 5.86. The van der Waals surface area contributed by atoms with Gasteiger partial charge < -0.3 is 9.64 Å². The van der Waals surface area contributed by atoms with Gasteiger partial charge in [0.15, 0.2) is 0 Å². The molecule has 0 spiro atoms. The van der Waals surface area contributed by atoms with E-state index in [1.165, 1.54) is 58.2 Å². The van der Waals surface area contributed by atoms with Gasteiger partial charge in [0.25, 0.3) is 0 Å². The minimum atomic E-state index is 0.529. The fourth-order valence-electron chi connectivity index (χ4n) is 3.58. The van der Waals surface area contributed by atoms with Crippen LogP contribution in [-0.4, -0.2) is 37.2 Å². The third kappa shape index (κ3) is 3.69. The van der Waals surface area contributed by atoms with Gasteiger partial charge in [-0.1, -0.05) is 26.7 Å². The molecule has 0 aromatic heterocycles. The van der Waals surface area contributed by atoms with Gasteiger partial charge in [0.2, 0.25) is 0 Å². The first-order valence-corrected chi connectivity index (χ1v) is 7.67. The first kappa shape index (κ1) is 13.4. The van der Waals surface area contributed by atoms with Gasteiger partial charge in [-0.25, -0.2) is 0 Å². The molecule has 2 fully saturated rings. The van der Waals surface area contributed by atoms with E-state index in [4.69, 9.17) is 4.74 Å². The Kier molecular flexibility index (Phi) is 5.30. The zero-order valence-corrected chi connectivity index (χ0v) is 11.7. The summed E-state index contributed by atoms with van der Waals surface area (Å²) in [6, 6.07) is 0. The molecular formula is C15H29NO. The molecule has 2 saturated heterocycles. The van der Waals surface area contributed by atoms with Crippen LogP contribution in [0, 0.1) is 11.8 Å². The molecule has 0 N–H and O–H groups in total. The van der Waals surface area contributed by atoms with Gasteiger partial charge in [0.1, 0.15) is 0 Å². The summed E-state index contributed by atoms with van der Waals surface area (Å²) in [6.45, 7) is 9.51. The maximum Gasteiger partial charge on any atom is 0.0702 e. The highest BCUT2D eigenvalue weighted by Crippen LogP contribution is 2.30. The quantitative estimate of drug-likeness (QED) is 0.730. The SMILES string of the molecule is CCCC1CN(CC2CCCCO2)CC1CC. The largest absolute Gasteiger partial charge is 0.377 e. The summed E-state index contributed by atoms with van der Waals surface area (Å²) in [5.41, 5.74) is 0. The fraction of sp³-hybridized carbons (Fsp3) is 1.00. The smallest absolute Gasteiger partial charge is 0.0702 e. The summed E-state index contributed by atoms with van der Waals surface area (Å²) in [4.78, 5) is 2.67. The normalized spacial score (nSPS) is 35.3. The third-order valence-corrected chi connectivity index (χ3v) is 4.57. The van der Waals surface area contributed by atoms with Crippen LogP contribution in [0.3, 0.4) is 0 Å². The van der Waals surface area contributed by atoms with Gasteiger partial charge in [-0.2, -0.15) is 0 Å². The van der Waals surface area contributed by atoms with Crippen molar-refractivity contribution in [2.75, 3.05) is 26.2 Å².